The molecule has 6 nitrogen and oxygen atoms in total. The zero-order chi connectivity index (χ0) is 14.7. The molecule has 0 saturated carbocycles. The zero-order valence-electron chi connectivity index (χ0n) is 10.6. The first-order valence-corrected chi connectivity index (χ1v) is 6.04. The lowest BCUT2D eigenvalue weighted by Gasteiger charge is -2.08. The highest BCUT2D eigenvalue weighted by Crippen LogP contribution is 2.19. The normalized spacial score (nSPS) is 9.21. The van der Waals surface area contributed by atoms with Gasteiger partial charge in [-0.2, -0.15) is 0 Å². The molecule has 3 N–H and O–H groups in total. The molecular weight excluding hydrogens is 272 g/mol. The number of carbonyl (C=O) groups excluding carboxylic acids is 1. The standard InChI is InChI=1S/C11H15ClN2O2.CH2O2/c1-2-16-11(15)4-3-8-9(12)5-6-14-10(8)7-13;2-1-3/h5-6H,2-4,7,13H2,1H3;1H,(H,2,3). The van der Waals surface area contributed by atoms with Crippen LogP contribution in [0.25, 0.3) is 0 Å². The Kier molecular flexibility index (Phi) is 9.38. The minimum Gasteiger partial charge on any atom is -0.483 e. The first-order valence-electron chi connectivity index (χ1n) is 5.66. The smallest absolute Gasteiger partial charge is 0.306 e. The van der Waals surface area contributed by atoms with Crippen molar-refractivity contribution in [2.45, 2.75) is 26.3 Å². The van der Waals surface area contributed by atoms with Crippen molar-refractivity contribution in [2.24, 2.45) is 5.73 Å². The van der Waals surface area contributed by atoms with Crippen LogP contribution >= 0.6 is 11.6 Å². The van der Waals surface area contributed by atoms with Gasteiger partial charge in [0, 0.05) is 24.2 Å². The van der Waals surface area contributed by atoms with E-state index in [1.807, 2.05) is 0 Å². The van der Waals surface area contributed by atoms with Crippen molar-refractivity contribution in [3.05, 3.63) is 28.5 Å². The van der Waals surface area contributed by atoms with Crippen LogP contribution in [-0.2, 0) is 27.3 Å². The lowest BCUT2D eigenvalue weighted by molar-refractivity contribution is -0.143. The molecule has 0 saturated heterocycles. The van der Waals surface area contributed by atoms with Gasteiger partial charge in [0.15, 0.2) is 0 Å². The molecule has 1 rings (SSSR count). The van der Waals surface area contributed by atoms with Gasteiger partial charge in [-0.25, -0.2) is 0 Å². The molecule has 1 aromatic rings. The highest BCUT2D eigenvalue weighted by atomic mass is 35.5. The van der Waals surface area contributed by atoms with Gasteiger partial charge in [-0.1, -0.05) is 11.6 Å². The summed E-state index contributed by atoms with van der Waals surface area (Å²) in [6.07, 6.45) is 2.42. The molecule has 0 bridgehead atoms. The van der Waals surface area contributed by atoms with E-state index in [0.29, 0.717) is 31.0 Å². The number of hydrogen-bond donors (Lipinski definition) is 2. The van der Waals surface area contributed by atoms with E-state index in [1.54, 1.807) is 19.2 Å². The molecule has 7 heteroatoms. The van der Waals surface area contributed by atoms with Gasteiger partial charge in [0.05, 0.1) is 12.3 Å². The average molecular weight is 289 g/mol. The third-order valence-corrected chi connectivity index (χ3v) is 2.52. The van der Waals surface area contributed by atoms with E-state index in [-0.39, 0.29) is 12.4 Å². The molecule has 0 aliphatic heterocycles. The Labute approximate surface area is 116 Å². The number of pyridine rings is 1. The van der Waals surface area contributed by atoms with Crippen LogP contribution in [0, 0.1) is 0 Å². The summed E-state index contributed by atoms with van der Waals surface area (Å²) < 4.78 is 4.84. The van der Waals surface area contributed by atoms with Crippen LogP contribution in [0.3, 0.4) is 0 Å². The minimum atomic E-state index is -0.250. The zero-order valence-corrected chi connectivity index (χ0v) is 11.4. The monoisotopic (exact) mass is 288 g/mol. The molecule has 0 radical (unpaired) electrons. The van der Waals surface area contributed by atoms with Gasteiger partial charge < -0.3 is 15.6 Å². The van der Waals surface area contributed by atoms with E-state index in [1.165, 1.54) is 0 Å². The van der Waals surface area contributed by atoms with Gasteiger partial charge in [-0.15, -0.1) is 0 Å². The number of carbonyl (C=O) groups is 2. The molecule has 0 aromatic carbocycles. The molecule has 0 aliphatic rings. The van der Waals surface area contributed by atoms with Crippen molar-refractivity contribution >= 4 is 24.0 Å². The van der Waals surface area contributed by atoms with E-state index in [0.717, 1.165) is 11.3 Å². The molecule has 0 amide bonds. The van der Waals surface area contributed by atoms with Crippen LogP contribution in [0.15, 0.2) is 12.3 Å². The summed E-state index contributed by atoms with van der Waals surface area (Å²) in [4.78, 5) is 23.7. The SMILES string of the molecule is CCOC(=O)CCc1c(Cl)ccnc1CN.O=CO. The molecular formula is C12H17ClN2O4. The van der Waals surface area contributed by atoms with Gasteiger partial charge in [-0.05, 0) is 25.0 Å². The first kappa shape index (κ1) is 17.3. The van der Waals surface area contributed by atoms with Crippen LogP contribution in [0.1, 0.15) is 24.6 Å². The highest BCUT2D eigenvalue weighted by Gasteiger charge is 2.10. The predicted molar refractivity (Wildman–Crippen MR) is 70.8 cm³/mol. The number of nitrogens with two attached hydrogens (primary N) is 1. The second kappa shape index (κ2) is 10.3. The summed E-state index contributed by atoms with van der Waals surface area (Å²) in [5.74, 6) is -0.231. The lowest BCUT2D eigenvalue weighted by atomic mass is 10.1. The Hall–Kier alpha value is -1.66. The predicted octanol–water partition coefficient (Wildman–Crippen LogP) is 1.39. The largest absolute Gasteiger partial charge is 0.483 e. The lowest BCUT2D eigenvalue weighted by Crippen LogP contribution is -2.09. The summed E-state index contributed by atoms with van der Waals surface area (Å²) >= 11 is 6.02. The molecule has 1 heterocycles. The van der Waals surface area contributed by atoms with E-state index < -0.39 is 0 Å². The van der Waals surface area contributed by atoms with Crippen LogP contribution in [0.4, 0.5) is 0 Å². The highest BCUT2D eigenvalue weighted by molar-refractivity contribution is 6.31. The number of rotatable bonds is 5. The van der Waals surface area contributed by atoms with Gasteiger partial charge in [0.2, 0.25) is 0 Å². The van der Waals surface area contributed by atoms with Crippen molar-refractivity contribution in [2.75, 3.05) is 6.61 Å². The Morgan fingerprint density at radius 3 is 2.79 bits per heavy atom. The summed E-state index contributed by atoms with van der Waals surface area (Å²) in [5, 5.41) is 7.49. The fraction of sp³-hybridized carbons (Fsp3) is 0.417. The van der Waals surface area contributed by atoms with Gasteiger partial charge in [0.1, 0.15) is 0 Å². The van der Waals surface area contributed by atoms with Crippen molar-refractivity contribution < 1.29 is 19.4 Å². The van der Waals surface area contributed by atoms with E-state index in [4.69, 9.17) is 32.0 Å². The van der Waals surface area contributed by atoms with E-state index in [9.17, 15) is 4.79 Å². The Morgan fingerprint density at radius 2 is 2.26 bits per heavy atom. The van der Waals surface area contributed by atoms with Crippen LogP contribution in [0.5, 0.6) is 0 Å². The topological polar surface area (TPSA) is 103 Å². The third-order valence-electron chi connectivity index (χ3n) is 2.17. The fourth-order valence-corrected chi connectivity index (χ4v) is 1.67. The number of aromatic nitrogens is 1. The van der Waals surface area contributed by atoms with Crippen molar-refractivity contribution in [3.63, 3.8) is 0 Å². The maximum Gasteiger partial charge on any atom is 0.306 e. The van der Waals surface area contributed by atoms with Crippen LogP contribution in [0.2, 0.25) is 5.02 Å². The molecule has 106 valence electrons. The number of carboxylic acid groups (broad SMARTS) is 1. The maximum absolute atomic E-state index is 11.2. The first-order chi connectivity index (χ1) is 9.10. The number of ether oxygens (including phenoxy) is 1. The number of halogens is 1. The third kappa shape index (κ3) is 6.73. The van der Waals surface area contributed by atoms with Crippen LogP contribution in [-0.4, -0.2) is 29.1 Å². The van der Waals surface area contributed by atoms with Crippen molar-refractivity contribution in [3.8, 4) is 0 Å². The Balaban J connectivity index is 0.000000982. The van der Waals surface area contributed by atoms with E-state index in [2.05, 4.69) is 4.98 Å². The molecule has 19 heavy (non-hydrogen) atoms. The Bertz CT molecular complexity index is 413. The molecule has 0 fully saturated rings. The fourth-order valence-electron chi connectivity index (χ4n) is 1.41. The maximum atomic E-state index is 11.2. The van der Waals surface area contributed by atoms with Gasteiger partial charge in [-0.3, -0.25) is 14.6 Å². The average Bonchev–Trinajstić information content (AvgIpc) is 2.38. The summed E-state index contributed by atoms with van der Waals surface area (Å²) in [6.45, 7) is 2.24. The number of hydrogen-bond acceptors (Lipinski definition) is 5. The van der Waals surface area contributed by atoms with Gasteiger partial charge in [0.25, 0.3) is 6.47 Å². The molecule has 1 aromatic heterocycles. The second-order valence-electron chi connectivity index (χ2n) is 3.33. The van der Waals surface area contributed by atoms with Crippen molar-refractivity contribution in [1.82, 2.24) is 4.98 Å². The summed E-state index contributed by atoms with van der Waals surface area (Å²) in [7, 11) is 0. The van der Waals surface area contributed by atoms with Crippen molar-refractivity contribution in [1.29, 1.82) is 0 Å². The quantitative estimate of drug-likeness (QED) is 0.627. The molecule has 0 atom stereocenters. The molecule has 0 unspecified atom stereocenters. The Morgan fingerprint density at radius 1 is 1.63 bits per heavy atom. The molecule has 0 spiro atoms. The molecule has 0 aliphatic carbocycles. The van der Waals surface area contributed by atoms with E-state index >= 15 is 0 Å². The van der Waals surface area contributed by atoms with Crippen LogP contribution < -0.4 is 5.73 Å². The summed E-state index contributed by atoms with van der Waals surface area (Å²) in [6, 6.07) is 1.70. The minimum absolute atomic E-state index is 0.231. The second-order valence-corrected chi connectivity index (χ2v) is 3.74. The number of nitrogens with zero attached hydrogens (tertiary/aromatic N) is 1. The summed E-state index contributed by atoms with van der Waals surface area (Å²) in [5.41, 5.74) is 7.11. The van der Waals surface area contributed by atoms with Gasteiger partial charge >= 0.3 is 5.97 Å². The number of esters is 1.